The van der Waals surface area contributed by atoms with E-state index in [-0.39, 0.29) is 11.0 Å². The van der Waals surface area contributed by atoms with Gasteiger partial charge >= 0.3 is 0 Å². The van der Waals surface area contributed by atoms with Crippen molar-refractivity contribution in [3.8, 4) is 11.1 Å². The summed E-state index contributed by atoms with van der Waals surface area (Å²) in [6, 6.07) is 19.0. The normalized spacial score (nSPS) is 25.1. The highest BCUT2D eigenvalue weighted by Gasteiger charge is 2.47. The van der Waals surface area contributed by atoms with E-state index in [1.54, 1.807) is 0 Å². The van der Waals surface area contributed by atoms with Gasteiger partial charge in [-0.15, -0.1) is 0 Å². The fourth-order valence-electron chi connectivity index (χ4n) is 8.77. The molecule has 0 saturated heterocycles. The van der Waals surface area contributed by atoms with Crippen LogP contribution >= 0.6 is 0 Å². The molecule has 242 valence electrons. The minimum Gasteiger partial charge on any atom is -0.339 e. The van der Waals surface area contributed by atoms with Gasteiger partial charge in [-0.1, -0.05) is 152 Å². The van der Waals surface area contributed by atoms with E-state index < -0.39 is 0 Å². The number of allylic oxidation sites excluding steroid dienone is 11. The first-order valence-electron chi connectivity index (χ1n) is 18.5. The van der Waals surface area contributed by atoms with Crippen LogP contribution in [0.5, 0.6) is 0 Å². The molecular formula is C45H57N. The molecule has 4 aliphatic carbocycles. The molecule has 5 unspecified atom stereocenters. The van der Waals surface area contributed by atoms with E-state index in [1.165, 1.54) is 90.6 Å². The van der Waals surface area contributed by atoms with Gasteiger partial charge in [0, 0.05) is 40.6 Å². The molecule has 0 amide bonds. The van der Waals surface area contributed by atoms with Crippen LogP contribution in [-0.2, 0) is 5.41 Å². The zero-order valence-corrected chi connectivity index (χ0v) is 29.4. The summed E-state index contributed by atoms with van der Waals surface area (Å²) in [5.74, 6) is 1.92. The van der Waals surface area contributed by atoms with Gasteiger partial charge in [0.05, 0.1) is 0 Å². The van der Waals surface area contributed by atoms with Crippen LogP contribution in [0.2, 0.25) is 0 Å². The highest BCUT2D eigenvalue weighted by molar-refractivity contribution is 5.69. The van der Waals surface area contributed by atoms with Crippen LogP contribution in [0.4, 0.5) is 5.69 Å². The minimum absolute atomic E-state index is 0.0321. The van der Waals surface area contributed by atoms with E-state index in [1.807, 2.05) is 0 Å². The highest BCUT2D eigenvalue weighted by Crippen LogP contribution is 2.54. The molecule has 1 heteroatoms. The lowest BCUT2D eigenvalue weighted by Gasteiger charge is -2.52. The van der Waals surface area contributed by atoms with Gasteiger partial charge in [-0.2, -0.15) is 0 Å². The fraction of sp³-hybridized carbons (Fsp3) is 0.467. The summed E-state index contributed by atoms with van der Waals surface area (Å²) >= 11 is 0. The lowest BCUT2D eigenvalue weighted by atomic mass is 9.58. The topological polar surface area (TPSA) is 3.24 Å². The first-order chi connectivity index (χ1) is 22.4. The zero-order valence-electron chi connectivity index (χ0n) is 29.4. The summed E-state index contributed by atoms with van der Waals surface area (Å²) in [4.78, 5) is 2.76. The van der Waals surface area contributed by atoms with Gasteiger partial charge < -0.3 is 4.90 Å². The number of rotatable bonds is 14. The van der Waals surface area contributed by atoms with Crippen LogP contribution in [0.15, 0.2) is 120 Å². The molecule has 46 heavy (non-hydrogen) atoms. The Bertz CT molecular complexity index is 1540. The molecule has 0 fully saturated rings. The number of hydrogen-bond acceptors (Lipinski definition) is 1. The summed E-state index contributed by atoms with van der Waals surface area (Å²) in [5.41, 5.74) is 10.2. The monoisotopic (exact) mass is 611 g/mol. The molecule has 2 aromatic carbocycles. The Balaban J connectivity index is 1.36. The minimum atomic E-state index is 0.0321. The maximum Gasteiger partial charge on any atom is 0.0417 e. The Morgan fingerprint density at radius 2 is 1.33 bits per heavy atom. The number of anilines is 1. The summed E-state index contributed by atoms with van der Waals surface area (Å²) < 4.78 is 0. The van der Waals surface area contributed by atoms with Crippen molar-refractivity contribution in [2.24, 2.45) is 23.7 Å². The zero-order chi connectivity index (χ0) is 32.3. The molecule has 6 rings (SSSR count). The predicted molar refractivity (Wildman–Crippen MR) is 200 cm³/mol. The van der Waals surface area contributed by atoms with E-state index in [4.69, 9.17) is 0 Å². The van der Waals surface area contributed by atoms with Gasteiger partial charge in [-0.3, -0.25) is 0 Å². The Hall–Kier alpha value is -3.32. The average Bonchev–Trinajstić information content (AvgIpc) is 3.10. The molecule has 2 aromatic rings. The van der Waals surface area contributed by atoms with Crippen molar-refractivity contribution in [1.29, 1.82) is 0 Å². The van der Waals surface area contributed by atoms with E-state index in [0.29, 0.717) is 23.7 Å². The van der Waals surface area contributed by atoms with Crippen molar-refractivity contribution in [3.63, 3.8) is 0 Å². The van der Waals surface area contributed by atoms with E-state index >= 15 is 0 Å². The van der Waals surface area contributed by atoms with E-state index in [2.05, 4.69) is 150 Å². The SMILES string of the molecule is CCCCCC(C)(CC)c1ccc(-c2ccc(N(C3=CC4=CC=CC5C=CC6=CC=CC3C6C45)[C@](C)(CC)CCCC)cc2)cc1. The molecule has 1 nitrogen and oxygen atoms in total. The molecule has 0 spiro atoms. The summed E-state index contributed by atoms with van der Waals surface area (Å²) in [7, 11) is 0. The van der Waals surface area contributed by atoms with Crippen LogP contribution in [0.1, 0.15) is 105 Å². The lowest BCUT2D eigenvalue weighted by molar-refractivity contribution is 0.292. The van der Waals surface area contributed by atoms with Crippen LogP contribution in [-0.4, -0.2) is 5.54 Å². The third-order valence-corrected chi connectivity index (χ3v) is 12.1. The number of unbranched alkanes of at least 4 members (excludes halogenated alkanes) is 3. The Morgan fingerprint density at radius 1 is 0.652 bits per heavy atom. The molecule has 0 saturated carbocycles. The number of benzene rings is 2. The van der Waals surface area contributed by atoms with Crippen molar-refractivity contribution in [2.45, 2.75) is 110 Å². The first kappa shape index (κ1) is 32.6. The molecule has 6 atom stereocenters. The molecule has 0 bridgehead atoms. The van der Waals surface area contributed by atoms with Gasteiger partial charge in [0.2, 0.25) is 0 Å². The van der Waals surface area contributed by atoms with Crippen LogP contribution in [0.3, 0.4) is 0 Å². The second-order valence-electron chi connectivity index (χ2n) is 15.0. The standard InChI is InChI=1S/C45H57N/c1-7-11-13-30-44(5,9-3)38-26-22-33(23-27-38)34-24-28-39(29-25-34)46(45(6,10-4)31-12-8-2)41-32-37-18-14-16-35-20-21-36-17-15-19-40(41)43(36)42(35)37/h14-29,32,35,40,42-43H,7-13,30-31H2,1-6H3/t35?,40?,42?,43?,44?,45-/m1/s1. The van der Waals surface area contributed by atoms with Crippen molar-refractivity contribution < 1.29 is 0 Å². The maximum atomic E-state index is 2.76. The third kappa shape index (κ3) is 6.08. The summed E-state index contributed by atoms with van der Waals surface area (Å²) in [5, 5.41) is 0. The Kier molecular flexibility index (Phi) is 9.79. The molecule has 0 N–H and O–H groups in total. The molecule has 0 heterocycles. The lowest BCUT2D eigenvalue weighted by Crippen LogP contribution is -2.50. The van der Waals surface area contributed by atoms with Crippen molar-refractivity contribution in [1.82, 2.24) is 0 Å². The summed E-state index contributed by atoms with van der Waals surface area (Å²) in [6.07, 6.45) is 32.8. The van der Waals surface area contributed by atoms with Crippen LogP contribution < -0.4 is 4.90 Å². The van der Waals surface area contributed by atoms with Gasteiger partial charge in [-0.25, -0.2) is 0 Å². The van der Waals surface area contributed by atoms with E-state index in [9.17, 15) is 0 Å². The van der Waals surface area contributed by atoms with Gasteiger partial charge in [0.1, 0.15) is 0 Å². The van der Waals surface area contributed by atoms with Crippen molar-refractivity contribution in [2.75, 3.05) is 4.90 Å². The maximum absolute atomic E-state index is 2.76. The van der Waals surface area contributed by atoms with Gasteiger partial charge in [0.15, 0.2) is 0 Å². The molecular weight excluding hydrogens is 555 g/mol. The largest absolute Gasteiger partial charge is 0.339 e. The molecule has 0 aromatic heterocycles. The Morgan fingerprint density at radius 3 is 2.00 bits per heavy atom. The van der Waals surface area contributed by atoms with Crippen LogP contribution in [0, 0.1) is 23.7 Å². The predicted octanol–water partition coefficient (Wildman–Crippen LogP) is 12.7. The third-order valence-electron chi connectivity index (χ3n) is 12.1. The number of hydrogen-bond donors (Lipinski definition) is 0. The molecule has 0 aliphatic heterocycles. The van der Waals surface area contributed by atoms with Crippen molar-refractivity contribution >= 4 is 5.69 Å². The first-order valence-corrected chi connectivity index (χ1v) is 18.5. The molecule has 0 radical (unpaired) electrons. The average molecular weight is 612 g/mol. The summed E-state index contributed by atoms with van der Waals surface area (Å²) in [6.45, 7) is 14.3. The second kappa shape index (κ2) is 13.8. The fourth-order valence-corrected chi connectivity index (χ4v) is 8.77. The van der Waals surface area contributed by atoms with Gasteiger partial charge in [-0.05, 0) is 84.1 Å². The quantitative estimate of drug-likeness (QED) is 0.192. The highest BCUT2D eigenvalue weighted by atomic mass is 15.2. The van der Waals surface area contributed by atoms with E-state index in [0.717, 1.165) is 6.42 Å². The second-order valence-corrected chi connectivity index (χ2v) is 15.0. The van der Waals surface area contributed by atoms with Crippen LogP contribution in [0.25, 0.3) is 11.1 Å². The molecule has 4 aliphatic rings. The van der Waals surface area contributed by atoms with Crippen molar-refractivity contribution in [3.05, 3.63) is 126 Å². The van der Waals surface area contributed by atoms with Gasteiger partial charge in [0.25, 0.3) is 0 Å². The number of nitrogens with zero attached hydrogens (tertiary/aromatic N) is 1. The Labute approximate surface area is 280 Å². The smallest absolute Gasteiger partial charge is 0.0417 e.